The first-order chi connectivity index (χ1) is 8.17. The van der Waals surface area contributed by atoms with Gasteiger partial charge in [-0.25, -0.2) is 0 Å². The van der Waals surface area contributed by atoms with Gasteiger partial charge in [0.15, 0.2) is 5.17 Å². The lowest BCUT2D eigenvalue weighted by atomic mass is 10.2. The van der Waals surface area contributed by atoms with Crippen LogP contribution in [0.2, 0.25) is 5.02 Å². The zero-order valence-corrected chi connectivity index (χ0v) is 11.3. The number of halogens is 1. The number of ether oxygens (including phenoxy) is 1. The van der Waals surface area contributed by atoms with Gasteiger partial charge in [0.05, 0.1) is 17.8 Å². The van der Waals surface area contributed by atoms with Gasteiger partial charge in [-0.05, 0) is 36.9 Å². The average Bonchev–Trinajstić information content (AvgIpc) is 2.32. The molecular weight excluding hydrogens is 258 g/mol. The molecule has 4 nitrogen and oxygen atoms in total. The lowest BCUT2D eigenvalue weighted by Crippen LogP contribution is -2.03. The predicted octanol–water partition coefficient (Wildman–Crippen LogP) is 2.75. The standard InChI is InChI=1S/C11H14ClN3OS/c1-3-16-10-5-4-8(6-9(10)12)7-14-15-11(13)17-2/h4-7H,3H2,1-2H3,(H2,13,15)/b14-7-. The van der Waals surface area contributed by atoms with Crippen LogP contribution >= 0.6 is 23.4 Å². The highest BCUT2D eigenvalue weighted by Crippen LogP contribution is 2.24. The first-order valence-electron chi connectivity index (χ1n) is 5.00. The van der Waals surface area contributed by atoms with Crippen LogP contribution in [0.1, 0.15) is 12.5 Å². The maximum Gasteiger partial charge on any atom is 0.180 e. The van der Waals surface area contributed by atoms with Gasteiger partial charge < -0.3 is 10.5 Å². The minimum absolute atomic E-state index is 0.415. The van der Waals surface area contributed by atoms with Gasteiger partial charge in [-0.3, -0.25) is 0 Å². The number of benzene rings is 1. The van der Waals surface area contributed by atoms with E-state index < -0.39 is 0 Å². The molecule has 0 aliphatic rings. The fourth-order valence-corrected chi connectivity index (χ4v) is 1.44. The molecule has 92 valence electrons. The summed E-state index contributed by atoms with van der Waals surface area (Å²) in [7, 11) is 0. The molecule has 0 saturated carbocycles. The Hall–Kier alpha value is -1.20. The molecule has 0 aliphatic heterocycles. The number of amidine groups is 1. The molecule has 0 bridgehead atoms. The molecule has 0 spiro atoms. The van der Waals surface area contributed by atoms with Crippen LogP contribution < -0.4 is 10.5 Å². The van der Waals surface area contributed by atoms with Crippen molar-refractivity contribution in [1.29, 1.82) is 0 Å². The minimum atomic E-state index is 0.415. The Kier molecular flexibility index (Phi) is 5.86. The van der Waals surface area contributed by atoms with E-state index in [0.29, 0.717) is 22.5 Å². The van der Waals surface area contributed by atoms with Crippen molar-refractivity contribution in [2.75, 3.05) is 12.9 Å². The Morgan fingerprint density at radius 2 is 2.35 bits per heavy atom. The van der Waals surface area contributed by atoms with Crippen molar-refractivity contribution in [3.05, 3.63) is 28.8 Å². The molecule has 0 heterocycles. The van der Waals surface area contributed by atoms with Crippen LogP contribution in [-0.4, -0.2) is 24.2 Å². The molecule has 1 aromatic carbocycles. The molecule has 1 aromatic rings. The summed E-state index contributed by atoms with van der Waals surface area (Å²) >= 11 is 7.37. The summed E-state index contributed by atoms with van der Waals surface area (Å²) in [5, 5.41) is 8.59. The van der Waals surface area contributed by atoms with E-state index in [2.05, 4.69) is 10.2 Å². The maximum atomic E-state index is 6.03. The van der Waals surface area contributed by atoms with Gasteiger partial charge in [0, 0.05) is 0 Å². The third-order valence-electron chi connectivity index (χ3n) is 1.83. The summed E-state index contributed by atoms with van der Waals surface area (Å²) < 4.78 is 5.32. The summed E-state index contributed by atoms with van der Waals surface area (Å²) in [6.45, 7) is 2.49. The zero-order valence-electron chi connectivity index (χ0n) is 9.68. The highest BCUT2D eigenvalue weighted by molar-refractivity contribution is 8.13. The minimum Gasteiger partial charge on any atom is -0.492 e. The molecule has 2 N–H and O–H groups in total. The van der Waals surface area contributed by atoms with E-state index in [1.807, 2.05) is 19.2 Å². The number of nitrogens with zero attached hydrogens (tertiary/aromatic N) is 2. The van der Waals surface area contributed by atoms with Crippen molar-refractivity contribution in [1.82, 2.24) is 0 Å². The Balaban J connectivity index is 2.77. The topological polar surface area (TPSA) is 60.0 Å². The first-order valence-corrected chi connectivity index (χ1v) is 6.60. The predicted molar refractivity (Wildman–Crippen MR) is 75.4 cm³/mol. The lowest BCUT2D eigenvalue weighted by Gasteiger charge is -2.05. The molecule has 17 heavy (non-hydrogen) atoms. The molecule has 0 atom stereocenters. The van der Waals surface area contributed by atoms with Gasteiger partial charge in [0.1, 0.15) is 5.75 Å². The van der Waals surface area contributed by atoms with Crippen LogP contribution in [0.25, 0.3) is 0 Å². The quantitative estimate of drug-likeness (QED) is 0.520. The fourth-order valence-electron chi connectivity index (χ4n) is 1.06. The molecule has 0 unspecified atom stereocenters. The molecule has 6 heteroatoms. The Labute approximate surface area is 110 Å². The summed E-state index contributed by atoms with van der Waals surface area (Å²) in [5.74, 6) is 0.665. The second-order valence-corrected chi connectivity index (χ2v) is 4.24. The van der Waals surface area contributed by atoms with E-state index >= 15 is 0 Å². The van der Waals surface area contributed by atoms with Gasteiger partial charge >= 0.3 is 0 Å². The van der Waals surface area contributed by atoms with Crippen LogP contribution in [-0.2, 0) is 0 Å². The van der Waals surface area contributed by atoms with Gasteiger partial charge in [0.25, 0.3) is 0 Å². The van der Waals surface area contributed by atoms with Crippen molar-refractivity contribution in [3.8, 4) is 5.75 Å². The van der Waals surface area contributed by atoms with Crippen molar-refractivity contribution in [2.24, 2.45) is 15.9 Å². The van der Waals surface area contributed by atoms with Crippen LogP contribution in [0.15, 0.2) is 28.4 Å². The van der Waals surface area contributed by atoms with E-state index in [0.717, 1.165) is 5.56 Å². The number of nitrogens with two attached hydrogens (primary N) is 1. The van der Waals surface area contributed by atoms with Gasteiger partial charge in [-0.15, -0.1) is 5.10 Å². The van der Waals surface area contributed by atoms with E-state index in [1.165, 1.54) is 11.8 Å². The van der Waals surface area contributed by atoms with Crippen LogP contribution in [0, 0.1) is 0 Å². The largest absolute Gasteiger partial charge is 0.492 e. The van der Waals surface area contributed by atoms with E-state index in [1.54, 1.807) is 18.3 Å². The number of thioether (sulfide) groups is 1. The Morgan fingerprint density at radius 3 is 2.94 bits per heavy atom. The maximum absolute atomic E-state index is 6.03. The van der Waals surface area contributed by atoms with Crippen molar-refractivity contribution < 1.29 is 4.74 Å². The van der Waals surface area contributed by atoms with Crippen molar-refractivity contribution >= 4 is 34.7 Å². The van der Waals surface area contributed by atoms with E-state index in [9.17, 15) is 0 Å². The molecule has 0 amide bonds. The van der Waals surface area contributed by atoms with Crippen molar-refractivity contribution in [3.63, 3.8) is 0 Å². The second-order valence-electron chi connectivity index (χ2n) is 3.01. The van der Waals surface area contributed by atoms with Crippen LogP contribution in [0.3, 0.4) is 0 Å². The van der Waals surface area contributed by atoms with Crippen LogP contribution in [0.4, 0.5) is 0 Å². The molecule has 0 radical (unpaired) electrons. The number of hydrogen-bond acceptors (Lipinski definition) is 4. The molecule has 0 aromatic heterocycles. The fraction of sp³-hybridized carbons (Fsp3) is 0.273. The zero-order chi connectivity index (χ0) is 12.7. The Bertz CT molecular complexity index is 435. The van der Waals surface area contributed by atoms with Crippen molar-refractivity contribution in [2.45, 2.75) is 6.92 Å². The summed E-state index contributed by atoms with van der Waals surface area (Å²) in [6.07, 6.45) is 3.42. The molecule has 0 fully saturated rings. The van der Waals surface area contributed by atoms with E-state index in [4.69, 9.17) is 22.1 Å². The highest BCUT2D eigenvalue weighted by Gasteiger charge is 2.00. The summed E-state index contributed by atoms with van der Waals surface area (Å²) in [4.78, 5) is 0. The molecule has 0 aliphatic carbocycles. The molecular formula is C11H14ClN3OS. The van der Waals surface area contributed by atoms with E-state index in [-0.39, 0.29) is 0 Å². The third-order valence-corrected chi connectivity index (χ3v) is 2.62. The SMILES string of the molecule is CCOc1ccc(/C=N\N=C(/N)SC)cc1Cl. The normalized spacial score (nSPS) is 12.1. The smallest absolute Gasteiger partial charge is 0.180 e. The molecule has 0 saturated heterocycles. The highest BCUT2D eigenvalue weighted by atomic mass is 35.5. The number of rotatable bonds is 4. The summed E-state index contributed by atoms with van der Waals surface area (Å²) in [6, 6.07) is 5.42. The molecule has 1 rings (SSSR count). The number of hydrogen-bond donors (Lipinski definition) is 1. The average molecular weight is 272 g/mol. The van der Waals surface area contributed by atoms with Crippen LogP contribution in [0.5, 0.6) is 5.75 Å². The third kappa shape index (κ3) is 4.66. The Morgan fingerprint density at radius 1 is 1.59 bits per heavy atom. The second kappa shape index (κ2) is 7.19. The summed E-state index contributed by atoms with van der Waals surface area (Å²) in [5.41, 5.74) is 6.33. The van der Waals surface area contributed by atoms with Gasteiger partial charge in [-0.1, -0.05) is 23.4 Å². The lowest BCUT2D eigenvalue weighted by molar-refractivity contribution is 0.340. The monoisotopic (exact) mass is 271 g/mol. The first kappa shape index (κ1) is 13.9. The van der Waals surface area contributed by atoms with Gasteiger partial charge in [0.2, 0.25) is 0 Å². The van der Waals surface area contributed by atoms with Gasteiger partial charge in [-0.2, -0.15) is 5.10 Å².